The second-order valence-corrected chi connectivity index (χ2v) is 6.28. The van der Waals surface area contributed by atoms with Gasteiger partial charge < -0.3 is 9.84 Å². The van der Waals surface area contributed by atoms with Gasteiger partial charge in [-0.25, -0.2) is 0 Å². The maximum absolute atomic E-state index is 8.97. The van der Waals surface area contributed by atoms with E-state index in [1.807, 2.05) is 12.1 Å². The molecule has 0 saturated carbocycles. The summed E-state index contributed by atoms with van der Waals surface area (Å²) in [7, 11) is 0. The molecule has 1 heterocycles. The molecule has 1 aromatic carbocycles. The second-order valence-electron chi connectivity index (χ2n) is 5.36. The van der Waals surface area contributed by atoms with Crippen molar-refractivity contribution in [2.75, 3.05) is 19.7 Å². The molecule has 4 heteroatoms. The molecule has 1 aromatic rings. The van der Waals surface area contributed by atoms with E-state index in [4.69, 9.17) is 9.84 Å². The van der Waals surface area contributed by atoms with E-state index in [0.717, 1.165) is 36.2 Å². The number of rotatable bonds is 6. The van der Waals surface area contributed by atoms with Gasteiger partial charge in [0.25, 0.3) is 0 Å². The molecule has 1 unspecified atom stereocenters. The van der Waals surface area contributed by atoms with Crippen molar-refractivity contribution in [3.8, 4) is 5.75 Å². The minimum Gasteiger partial charge on any atom is -0.488 e. The summed E-state index contributed by atoms with van der Waals surface area (Å²) in [5, 5.41) is 8.97. The van der Waals surface area contributed by atoms with Gasteiger partial charge in [0.05, 0.1) is 0 Å². The van der Waals surface area contributed by atoms with Crippen LogP contribution in [-0.4, -0.2) is 41.8 Å². The van der Waals surface area contributed by atoms with Crippen LogP contribution >= 0.6 is 15.9 Å². The van der Waals surface area contributed by atoms with Gasteiger partial charge in [0.2, 0.25) is 0 Å². The normalized spacial score (nSPS) is 17.9. The lowest BCUT2D eigenvalue weighted by molar-refractivity contribution is 0.119. The molecule has 0 radical (unpaired) electrons. The standard InChI is InChI=1S/C15H22BrNO2/c1-11(2)17(6-3-7-18)10-14-9-12-8-13(16)4-5-15(12)19-14/h4-5,8,11,14,18H,3,6-7,9-10H2,1-2H3. The van der Waals surface area contributed by atoms with Gasteiger partial charge in [-0.15, -0.1) is 0 Å². The van der Waals surface area contributed by atoms with Gasteiger partial charge in [0.1, 0.15) is 11.9 Å². The summed E-state index contributed by atoms with van der Waals surface area (Å²) in [6, 6.07) is 6.67. The van der Waals surface area contributed by atoms with Crippen molar-refractivity contribution < 1.29 is 9.84 Å². The first-order chi connectivity index (χ1) is 9.10. The maximum Gasteiger partial charge on any atom is 0.123 e. The zero-order chi connectivity index (χ0) is 13.8. The highest BCUT2D eigenvalue weighted by Gasteiger charge is 2.25. The number of halogens is 1. The highest BCUT2D eigenvalue weighted by molar-refractivity contribution is 9.10. The predicted octanol–water partition coefficient (Wildman–Crippen LogP) is 2.85. The highest BCUT2D eigenvalue weighted by Crippen LogP contribution is 2.31. The average Bonchev–Trinajstić information content (AvgIpc) is 2.75. The molecule has 1 N–H and O–H groups in total. The molecule has 0 fully saturated rings. The Labute approximate surface area is 123 Å². The summed E-state index contributed by atoms with van der Waals surface area (Å²) in [6.45, 7) is 6.48. The van der Waals surface area contributed by atoms with Crippen LogP contribution in [-0.2, 0) is 6.42 Å². The van der Waals surface area contributed by atoms with E-state index in [1.165, 1.54) is 5.56 Å². The predicted molar refractivity (Wildman–Crippen MR) is 80.7 cm³/mol. The van der Waals surface area contributed by atoms with Gasteiger partial charge in [-0.3, -0.25) is 4.90 Å². The Morgan fingerprint density at radius 2 is 2.26 bits per heavy atom. The third-order valence-corrected chi connectivity index (χ3v) is 4.03. The lowest BCUT2D eigenvalue weighted by Gasteiger charge is -2.28. The molecule has 106 valence electrons. The van der Waals surface area contributed by atoms with Crippen LogP contribution in [0.4, 0.5) is 0 Å². The van der Waals surface area contributed by atoms with Crippen molar-refractivity contribution in [3.05, 3.63) is 28.2 Å². The molecule has 2 rings (SSSR count). The van der Waals surface area contributed by atoms with Crippen molar-refractivity contribution in [1.82, 2.24) is 4.90 Å². The Bertz CT molecular complexity index is 423. The Kier molecular flexibility index (Phi) is 5.25. The molecular weight excluding hydrogens is 306 g/mol. The van der Waals surface area contributed by atoms with Crippen molar-refractivity contribution >= 4 is 15.9 Å². The zero-order valence-electron chi connectivity index (χ0n) is 11.6. The topological polar surface area (TPSA) is 32.7 Å². The van der Waals surface area contributed by atoms with E-state index in [9.17, 15) is 0 Å². The van der Waals surface area contributed by atoms with Gasteiger partial charge in [0, 0.05) is 36.6 Å². The molecule has 19 heavy (non-hydrogen) atoms. The molecule has 1 aliphatic heterocycles. The lowest BCUT2D eigenvalue weighted by atomic mass is 10.1. The van der Waals surface area contributed by atoms with E-state index in [2.05, 4.69) is 40.7 Å². The summed E-state index contributed by atoms with van der Waals surface area (Å²) in [5.41, 5.74) is 1.28. The Morgan fingerprint density at radius 3 is 2.95 bits per heavy atom. The third-order valence-electron chi connectivity index (χ3n) is 3.54. The first kappa shape index (κ1) is 14.8. The van der Waals surface area contributed by atoms with E-state index in [1.54, 1.807) is 0 Å². The van der Waals surface area contributed by atoms with Crippen LogP contribution in [0.25, 0.3) is 0 Å². The molecule has 0 saturated heterocycles. The zero-order valence-corrected chi connectivity index (χ0v) is 13.2. The number of hydrogen-bond donors (Lipinski definition) is 1. The molecule has 1 atom stereocenters. The monoisotopic (exact) mass is 327 g/mol. The summed E-state index contributed by atoms with van der Waals surface area (Å²) in [4.78, 5) is 2.38. The fourth-order valence-corrected chi connectivity index (χ4v) is 2.89. The number of aliphatic hydroxyl groups is 1. The Morgan fingerprint density at radius 1 is 1.47 bits per heavy atom. The summed E-state index contributed by atoms with van der Waals surface area (Å²) < 4.78 is 7.11. The van der Waals surface area contributed by atoms with Gasteiger partial charge >= 0.3 is 0 Å². The molecule has 0 spiro atoms. The highest BCUT2D eigenvalue weighted by atomic mass is 79.9. The third kappa shape index (κ3) is 3.94. The molecule has 3 nitrogen and oxygen atoms in total. The van der Waals surface area contributed by atoms with Gasteiger partial charge in [0.15, 0.2) is 0 Å². The average molecular weight is 328 g/mol. The fraction of sp³-hybridized carbons (Fsp3) is 0.600. The number of hydrogen-bond acceptors (Lipinski definition) is 3. The van der Waals surface area contributed by atoms with Gasteiger partial charge in [-0.05, 0) is 44.0 Å². The van der Waals surface area contributed by atoms with Crippen molar-refractivity contribution in [1.29, 1.82) is 0 Å². The SMILES string of the molecule is CC(C)N(CCCO)CC1Cc2cc(Br)ccc2O1. The minimum absolute atomic E-state index is 0.227. The number of nitrogens with zero attached hydrogens (tertiary/aromatic N) is 1. The number of benzene rings is 1. The van der Waals surface area contributed by atoms with Gasteiger partial charge in [-0.2, -0.15) is 0 Å². The Hall–Kier alpha value is -0.580. The van der Waals surface area contributed by atoms with Crippen molar-refractivity contribution in [2.45, 2.75) is 38.8 Å². The molecule has 0 aromatic heterocycles. The quantitative estimate of drug-likeness (QED) is 0.872. The molecule has 0 amide bonds. The first-order valence-electron chi connectivity index (χ1n) is 6.90. The lowest BCUT2D eigenvalue weighted by Crippen LogP contribution is -2.40. The summed E-state index contributed by atoms with van der Waals surface area (Å²) in [5.74, 6) is 1.01. The van der Waals surface area contributed by atoms with Crippen LogP contribution in [0.5, 0.6) is 5.75 Å². The van der Waals surface area contributed by atoms with Crippen LogP contribution in [0.3, 0.4) is 0 Å². The smallest absolute Gasteiger partial charge is 0.123 e. The van der Waals surface area contributed by atoms with E-state index in [-0.39, 0.29) is 12.7 Å². The van der Waals surface area contributed by atoms with Crippen molar-refractivity contribution in [3.63, 3.8) is 0 Å². The number of fused-ring (bicyclic) bond motifs is 1. The van der Waals surface area contributed by atoms with Crippen LogP contribution < -0.4 is 4.74 Å². The van der Waals surface area contributed by atoms with Crippen LogP contribution in [0.15, 0.2) is 22.7 Å². The van der Waals surface area contributed by atoms with Gasteiger partial charge in [-0.1, -0.05) is 15.9 Å². The second kappa shape index (κ2) is 6.73. The summed E-state index contributed by atoms with van der Waals surface area (Å²) >= 11 is 3.50. The van der Waals surface area contributed by atoms with E-state index in [0.29, 0.717) is 6.04 Å². The van der Waals surface area contributed by atoms with Crippen LogP contribution in [0.2, 0.25) is 0 Å². The molecule has 0 bridgehead atoms. The minimum atomic E-state index is 0.227. The first-order valence-corrected chi connectivity index (χ1v) is 7.69. The van der Waals surface area contributed by atoms with Crippen molar-refractivity contribution in [2.24, 2.45) is 0 Å². The number of aliphatic hydroxyl groups excluding tert-OH is 1. The van der Waals surface area contributed by atoms with Crippen LogP contribution in [0.1, 0.15) is 25.8 Å². The largest absolute Gasteiger partial charge is 0.488 e. The Balaban J connectivity index is 1.94. The molecule has 0 aliphatic carbocycles. The number of ether oxygens (including phenoxy) is 1. The van der Waals surface area contributed by atoms with Crippen LogP contribution in [0, 0.1) is 0 Å². The van der Waals surface area contributed by atoms with E-state index >= 15 is 0 Å². The fourth-order valence-electron chi connectivity index (χ4n) is 2.49. The maximum atomic E-state index is 8.97. The summed E-state index contributed by atoms with van der Waals surface area (Å²) in [6.07, 6.45) is 2.02. The molecule has 1 aliphatic rings. The van der Waals surface area contributed by atoms with E-state index < -0.39 is 0 Å². The molecular formula is C15H22BrNO2.